The van der Waals surface area contributed by atoms with Crippen LogP contribution < -0.4 is 9.47 Å². The zero-order chi connectivity index (χ0) is 14.9. The molecule has 0 aliphatic carbocycles. The maximum absolute atomic E-state index is 6.38. The molecule has 0 aromatic heterocycles. The first-order chi connectivity index (χ1) is 10.7. The minimum Gasteiger partial charge on any atom is -0.493 e. The highest BCUT2D eigenvalue weighted by atomic mass is 16.5. The summed E-state index contributed by atoms with van der Waals surface area (Å²) in [5.41, 5.74) is 3.76. The van der Waals surface area contributed by atoms with Crippen molar-refractivity contribution in [3.05, 3.63) is 35.4 Å². The van der Waals surface area contributed by atoms with E-state index in [1.54, 1.807) is 14.2 Å². The summed E-state index contributed by atoms with van der Waals surface area (Å²) in [6.45, 7) is 2.18. The molecule has 0 saturated carbocycles. The van der Waals surface area contributed by atoms with Crippen molar-refractivity contribution < 1.29 is 18.8 Å². The van der Waals surface area contributed by atoms with E-state index in [9.17, 15) is 0 Å². The average molecular weight is 298 g/mol. The molecule has 4 nitrogen and oxygen atoms in total. The van der Waals surface area contributed by atoms with Gasteiger partial charge in [-0.2, -0.15) is 0 Å². The maximum Gasteiger partial charge on any atom is 0.220 e. The van der Waals surface area contributed by atoms with Crippen molar-refractivity contribution in [1.82, 2.24) is 0 Å². The molecule has 0 amide bonds. The Balaban J connectivity index is 1.71. The van der Waals surface area contributed by atoms with Crippen molar-refractivity contribution in [3.8, 4) is 11.5 Å². The lowest BCUT2D eigenvalue weighted by Gasteiger charge is -2.24. The van der Waals surface area contributed by atoms with E-state index in [0.29, 0.717) is 12.0 Å². The van der Waals surface area contributed by atoms with E-state index in [4.69, 9.17) is 14.2 Å². The van der Waals surface area contributed by atoms with Gasteiger partial charge in [-0.05, 0) is 30.2 Å². The van der Waals surface area contributed by atoms with Gasteiger partial charge in [0.1, 0.15) is 13.1 Å². The van der Waals surface area contributed by atoms with Crippen molar-refractivity contribution in [1.29, 1.82) is 0 Å². The SMILES string of the molecule is COc1cc2c(cc1OC)C1=[N+](CC2)C[C@H]2C[C@@H]3C=C[C@]12O3. The number of ether oxygens (including phenoxy) is 3. The zero-order valence-corrected chi connectivity index (χ0v) is 13.0. The molecular formula is C18H20NO3+. The molecule has 22 heavy (non-hydrogen) atoms. The number of rotatable bonds is 2. The second kappa shape index (κ2) is 4.13. The van der Waals surface area contributed by atoms with Gasteiger partial charge in [0.2, 0.25) is 5.71 Å². The van der Waals surface area contributed by atoms with E-state index in [1.807, 2.05) is 0 Å². The number of nitrogens with zero attached hydrogens (tertiary/aromatic N) is 1. The van der Waals surface area contributed by atoms with Gasteiger partial charge in [-0.3, -0.25) is 0 Å². The normalized spacial score (nSPS) is 33.7. The lowest BCUT2D eigenvalue weighted by atomic mass is 9.79. The van der Waals surface area contributed by atoms with Crippen LogP contribution in [0.3, 0.4) is 0 Å². The van der Waals surface area contributed by atoms with Gasteiger partial charge in [-0.15, -0.1) is 0 Å². The summed E-state index contributed by atoms with van der Waals surface area (Å²) in [5.74, 6) is 2.21. The Morgan fingerprint density at radius 1 is 1.23 bits per heavy atom. The third-order valence-corrected chi connectivity index (χ3v) is 5.67. The Kier molecular flexibility index (Phi) is 2.39. The van der Waals surface area contributed by atoms with Crippen LogP contribution in [0.15, 0.2) is 24.3 Å². The summed E-state index contributed by atoms with van der Waals surface area (Å²) in [6.07, 6.45) is 7.05. The molecule has 0 unspecified atom stereocenters. The van der Waals surface area contributed by atoms with Crippen LogP contribution >= 0.6 is 0 Å². The van der Waals surface area contributed by atoms with E-state index < -0.39 is 0 Å². The van der Waals surface area contributed by atoms with Gasteiger partial charge in [0.15, 0.2) is 17.1 Å². The minimum absolute atomic E-state index is 0.195. The largest absolute Gasteiger partial charge is 0.493 e. The van der Waals surface area contributed by atoms with Crippen LogP contribution in [-0.4, -0.2) is 49.3 Å². The number of benzene rings is 1. The Bertz CT molecular complexity index is 736. The summed E-state index contributed by atoms with van der Waals surface area (Å²) in [7, 11) is 3.39. The molecule has 1 aromatic carbocycles. The summed E-state index contributed by atoms with van der Waals surface area (Å²) in [6, 6.07) is 4.27. The topological polar surface area (TPSA) is 30.7 Å². The maximum atomic E-state index is 6.38. The summed E-state index contributed by atoms with van der Waals surface area (Å²) in [5, 5.41) is 0. The fraction of sp³-hybridized carbons (Fsp3) is 0.500. The van der Waals surface area contributed by atoms with Gasteiger partial charge in [0, 0.05) is 6.42 Å². The van der Waals surface area contributed by atoms with Gasteiger partial charge < -0.3 is 14.2 Å². The van der Waals surface area contributed by atoms with Crippen molar-refractivity contribution in [2.75, 3.05) is 27.3 Å². The standard InChI is InChI=1S/C18H20NO3/c1-20-15-7-11-4-6-19-10-12-8-13-3-5-18(12,22-13)17(19)14(11)9-16(15)21-2/h3,5,7,9,12-13H,4,6,8,10H2,1-2H3/q+1/t12-,13+,18-/m1/s1. The third kappa shape index (κ3) is 1.39. The summed E-state index contributed by atoms with van der Waals surface area (Å²) in [4.78, 5) is 0. The van der Waals surface area contributed by atoms with Gasteiger partial charge in [0.05, 0.1) is 31.8 Å². The summed E-state index contributed by atoms with van der Waals surface area (Å²) < 4.78 is 19.9. The van der Waals surface area contributed by atoms with Crippen LogP contribution in [0.25, 0.3) is 0 Å². The van der Waals surface area contributed by atoms with Gasteiger partial charge >= 0.3 is 0 Å². The molecule has 0 N–H and O–H groups in total. The predicted octanol–water partition coefficient (Wildman–Crippen LogP) is 1.79. The highest BCUT2D eigenvalue weighted by Gasteiger charge is 2.63. The highest BCUT2D eigenvalue weighted by Crippen LogP contribution is 2.50. The van der Waals surface area contributed by atoms with Crippen molar-refractivity contribution in [3.63, 3.8) is 0 Å². The second-order valence-electron chi connectivity index (χ2n) is 6.65. The fourth-order valence-corrected chi connectivity index (χ4v) is 4.72. The lowest BCUT2D eigenvalue weighted by Crippen LogP contribution is -2.41. The molecule has 4 aliphatic heterocycles. The monoisotopic (exact) mass is 298 g/mol. The Hall–Kier alpha value is -1.81. The second-order valence-corrected chi connectivity index (χ2v) is 6.65. The number of hydrogen-bond donors (Lipinski definition) is 0. The first-order valence-electron chi connectivity index (χ1n) is 8.00. The van der Waals surface area contributed by atoms with Gasteiger partial charge in [-0.25, -0.2) is 4.58 Å². The molecule has 2 bridgehead atoms. The van der Waals surface area contributed by atoms with E-state index in [0.717, 1.165) is 37.4 Å². The molecule has 5 rings (SSSR count). The molecule has 1 fully saturated rings. The van der Waals surface area contributed by atoms with Crippen LogP contribution in [0.4, 0.5) is 0 Å². The molecule has 114 valence electrons. The molecule has 1 saturated heterocycles. The van der Waals surface area contributed by atoms with E-state index in [-0.39, 0.29) is 5.60 Å². The Labute approximate surface area is 130 Å². The van der Waals surface area contributed by atoms with Gasteiger partial charge in [-0.1, -0.05) is 6.08 Å². The molecule has 1 aromatic rings. The molecule has 3 atom stereocenters. The molecule has 4 heteroatoms. The highest BCUT2D eigenvalue weighted by molar-refractivity contribution is 6.08. The van der Waals surface area contributed by atoms with Gasteiger partial charge in [0.25, 0.3) is 0 Å². The Morgan fingerprint density at radius 2 is 2.05 bits per heavy atom. The summed E-state index contributed by atoms with van der Waals surface area (Å²) >= 11 is 0. The predicted molar refractivity (Wildman–Crippen MR) is 82.2 cm³/mol. The lowest BCUT2D eigenvalue weighted by molar-refractivity contribution is -0.525. The van der Waals surface area contributed by atoms with Crippen LogP contribution in [0.5, 0.6) is 11.5 Å². The molecule has 0 radical (unpaired) electrons. The van der Waals surface area contributed by atoms with Crippen LogP contribution in [0, 0.1) is 5.92 Å². The number of fused-ring (bicyclic) bond motifs is 3. The van der Waals surface area contributed by atoms with Crippen molar-refractivity contribution in [2.45, 2.75) is 24.5 Å². The van der Waals surface area contributed by atoms with Crippen molar-refractivity contribution >= 4 is 5.71 Å². The third-order valence-electron chi connectivity index (χ3n) is 5.67. The first kappa shape index (κ1) is 12.7. The average Bonchev–Trinajstić information content (AvgIpc) is 3.20. The quantitative estimate of drug-likeness (QED) is 0.616. The molecule has 4 aliphatic rings. The fourth-order valence-electron chi connectivity index (χ4n) is 4.72. The zero-order valence-electron chi connectivity index (χ0n) is 13.0. The number of hydrogen-bond acceptors (Lipinski definition) is 3. The minimum atomic E-state index is -0.195. The van der Waals surface area contributed by atoms with Crippen LogP contribution in [0.1, 0.15) is 17.5 Å². The number of methoxy groups -OCH3 is 2. The van der Waals surface area contributed by atoms with E-state index in [1.165, 1.54) is 16.8 Å². The Morgan fingerprint density at radius 3 is 2.82 bits per heavy atom. The van der Waals surface area contributed by atoms with Crippen LogP contribution in [-0.2, 0) is 11.2 Å². The first-order valence-corrected chi connectivity index (χ1v) is 8.00. The van der Waals surface area contributed by atoms with E-state index >= 15 is 0 Å². The molecule has 1 spiro atoms. The van der Waals surface area contributed by atoms with Crippen molar-refractivity contribution in [2.24, 2.45) is 5.92 Å². The van der Waals surface area contributed by atoms with Crippen LogP contribution in [0.2, 0.25) is 0 Å². The molecular weight excluding hydrogens is 278 g/mol. The molecule has 4 heterocycles. The van der Waals surface area contributed by atoms with E-state index in [2.05, 4.69) is 28.9 Å². The smallest absolute Gasteiger partial charge is 0.220 e.